The molecule has 0 saturated carbocycles. The van der Waals surface area contributed by atoms with Crippen LogP contribution in [0.3, 0.4) is 0 Å². The molecule has 0 fully saturated rings. The number of aliphatic carboxylic acids is 1. The molecule has 1 aromatic heterocycles. The van der Waals surface area contributed by atoms with Gasteiger partial charge in [0.1, 0.15) is 6.61 Å². The van der Waals surface area contributed by atoms with Crippen molar-refractivity contribution in [2.24, 2.45) is 7.05 Å². The Morgan fingerprint density at radius 3 is 2.33 bits per heavy atom. The largest absolute Gasteiger partial charge is 0.479 e. The van der Waals surface area contributed by atoms with Crippen molar-refractivity contribution >= 4 is 12.1 Å². The highest BCUT2D eigenvalue weighted by Gasteiger charge is 2.39. The number of carboxylic acid groups (broad SMARTS) is 1. The van der Waals surface area contributed by atoms with E-state index < -0.39 is 18.1 Å². The lowest BCUT2D eigenvalue weighted by atomic mass is 9.98. The quantitative estimate of drug-likeness (QED) is 0.725. The summed E-state index contributed by atoms with van der Waals surface area (Å²) in [7, 11) is 1.74. The maximum absolute atomic E-state index is 12.9. The van der Waals surface area contributed by atoms with E-state index in [9.17, 15) is 14.7 Å². The van der Waals surface area contributed by atoms with E-state index in [1.807, 2.05) is 24.3 Å². The molecule has 2 aromatic carbocycles. The van der Waals surface area contributed by atoms with Crippen LogP contribution in [0, 0.1) is 0 Å². The van der Waals surface area contributed by atoms with Gasteiger partial charge in [0, 0.05) is 37.7 Å². The molecule has 1 amide bonds. The molecule has 5 rings (SSSR count). The van der Waals surface area contributed by atoms with Gasteiger partial charge in [-0.25, -0.2) is 9.59 Å². The third kappa shape index (κ3) is 2.85. The Morgan fingerprint density at radius 2 is 1.70 bits per heavy atom. The molecule has 1 aliphatic carbocycles. The summed E-state index contributed by atoms with van der Waals surface area (Å²) in [5.74, 6) is -1.15. The van der Waals surface area contributed by atoms with Gasteiger partial charge in [-0.2, -0.15) is 5.10 Å². The molecule has 0 saturated heterocycles. The van der Waals surface area contributed by atoms with Crippen LogP contribution in [-0.2, 0) is 23.0 Å². The average Bonchev–Trinajstić information content (AvgIpc) is 3.28. The summed E-state index contributed by atoms with van der Waals surface area (Å²) >= 11 is 0. The Morgan fingerprint density at radius 1 is 1.07 bits per heavy atom. The van der Waals surface area contributed by atoms with Crippen molar-refractivity contribution in [3.8, 4) is 11.1 Å². The highest BCUT2D eigenvalue weighted by atomic mass is 16.6. The summed E-state index contributed by atoms with van der Waals surface area (Å²) < 4.78 is 7.26. The molecular formula is C23H21N3O4. The lowest BCUT2D eigenvalue weighted by molar-refractivity contribution is -0.143. The highest BCUT2D eigenvalue weighted by Crippen LogP contribution is 2.44. The summed E-state index contributed by atoms with van der Waals surface area (Å²) in [6.45, 7) is 0.424. The first-order valence-corrected chi connectivity index (χ1v) is 9.91. The number of hydrogen-bond acceptors (Lipinski definition) is 4. The average molecular weight is 403 g/mol. The molecule has 1 unspecified atom stereocenters. The van der Waals surface area contributed by atoms with Crippen LogP contribution >= 0.6 is 0 Å². The number of carboxylic acids is 1. The fourth-order valence-corrected chi connectivity index (χ4v) is 4.64. The summed E-state index contributed by atoms with van der Waals surface area (Å²) in [5.41, 5.74) is 5.80. The molecule has 30 heavy (non-hydrogen) atoms. The van der Waals surface area contributed by atoms with Gasteiger partial charge >= 0.3 is 12.1 Å². The maximum Gasteiger partial charge on any atom is 0.410 e. The van der Waals surface area contributed by atoms with Gasteiger partial charge < -0.3 is 9.84 Å². The van der Waals surface area contributed by atoms with Gasteiger partial charge in [0.15, 0.2) is 6.04 Å². The second kappa shape index (κ2) is 7.02. The topological polar surface area (TPSA) is 84.7 Å². The van der Waals surface area contributed by atoms with Gasteiger partial charge in [-0.05, 0) is 22.3 Å². The highest BCUT2D eigenvalue weighted by molar-refractivity contribution is 5.83. The SMILES string of the molecule is Cn1cc2c(n1)CCN(C(=O)OCC1c3ccccc3-c3ccccc31)C2C(=O)O. The van der Waals surface area contributed by atoms with E-state index in [1.165, 1.54) is 4.90 Å². The third-order valence-electron chi connectivity index (χ3n) is 5.94. The number of ether oxygens (including phenoxy) is 1. The van der Waals surface area contributed by atoms with Crippen molar-refractivity contribution in [1.82, 2.24) is 14.7 Å². The first kappa shape index (κ1) is 18.4. The van der Waals surface area contributed by atoms with Crippen molar-refractivity contribution < 1.29 is 19.4 Å². The summed E-state index contributed by atoms with van der Waals surface area (Å²) in [6, 6.07) is 15.1. The second-order valence-corrected chi connectivity index (χ2v) is 7.69. The fraction of sp³-hybridized carbons (Fsp3) is 0.261. The second-order valence-electron chi connectivity index (χ2n) is 7.69. The molecule has 152 valence electrons. The Bertz CT molecular complexity index is 1110. The molecule has 7 nitrogen and oxygen atoms in total. The van der Waals surface area contributed by atoms with Gasteiger partial charge in [0.2, 0.25) is 0 Å². The van der Waals surface area contributed by atoms with Gasteiger partial charge in [0.25, 0.3) is 0 Å². The number of nitrogens with zero attached hydrogens (tertiary/aromatic N) is 3. The predicted molar refractivity (Wildman–Crippen MR) is 109 cm³/mol. The van der Waals surface area contributed by atoms with E-state index >= 15 is 0 Å². The number of hydrogen-bond donors (Lipinski definition) is 1. The van der Waals surface area contributed by atoms with Crippen molar-refractivity contribution in [2.75, 3.05) is 13.2 Å². The molecular weight excluding hydrogens is 382 g/mol. The zero-order valence-corrected chi connectivity index (χ0v) is 16.5. The Balaban J connectivity index is 1.38. The number of carbonyl (C=O) groups excluding carboxylic acids is 1. The molecule has 1 atom stereocenters. The van der Waals surface area contributed by atoms with E-state index in [1.54, 1.807) is 17.9 Å². The summed E-state index contributed by atoms with van der Waals surface area (Å²) in [6.07, 6.45) is 1.56. The third-order valence-corrected chi connectivity index (χ3v) is 5.94. The van der Waals surface area contributed by atoms with Crippen LogP contribution in [0.5, 0.6) is 0 Å². The van der Waals surface area contributed by atoms with E-state index in [-0.39, 0.29) is 19.1 Å². The van der Waals surface area contributed by atoms with Crippen molar-refractivity contribution in [1.29, 1.82) is 0 Å². The molecule has 0 radical (unpaired) electrons. The Hall–Kier alpha value is -3.61. The van der Waals surface area contributed by atoms with Crippen LogP contribution in [0.1, 0.15) is 34.3 Å². The molecule has 1 N–H and O–H groups in total. The van der Waals surface area contributed by atoms with Gasteiger partial charge in [-0.1, -0.05) is 48.5 Å². The smallest absolute Gasteiger partial charge is 0.410 e. The van der Waals surface area contributed by atoms with Crippen LogP contribution in [0.2, 0.25) is 0 Å². The van der Waals surface area contributed by atoms with Crippen molar-refractivity contribution in [3.05, 3.63) is 77.1 Å². The van der Waals surface area contributed by atoms with Crippen molar-refractivity contribution in [2.45, 2.75) is 18.4 Å². The maximum atomic E-state index is 12.9. The number of aromatic nitrogens is 2. The minimum atomic E-state index is -1.09. The summed E-state index contributed by atoms with van der Waals surface area (Å²) in [5, 5.41) is 14.1. The lowest BCUT2D eigenvalue weighted by Crippen LogP contribution is -2.43. The standard InChI is InChI=1S/C23H21N3O4/c1-25-12-18-20(24-25)10-11-26(21(18)22(27)28)23(29)30-13-19-16-8-4-2-6-14(16)15-7-3-5-9-17(15)19/h2-9,12,19,21H,10-11,13H2,1H3,(H,27,28). The number of benzene rings is 2. The monoisotopic (exact) mass is 403 g/mol. The van der Waals surface area contributed by atoms with E-state index in [2.05, 4.69) is 29.4 Å². The lowest BCUT2D eigenvalue weighted by Gasteiger charge is -2.32. The zero-order valence-electron chi connectivity index (χ0n) is 16.5. The first-order chi connectivity index (χ1) is 14.5. The minimum absolute atomic E-state index is 0.0663. The molecule has 7 heteroatoms. The van der Waals surface area contributed by atoms with Crippen molar-refractivity contribution in [3.63, 3.8) is 0 Å². The molecule has 0 spiro atoms. The van der Waals surface area contributed by atoms with Crippen LogP contribution < -0.4 is 0 Å². The van der Waals surface area contributed by atoms with Gasteiger partial charge in [0.05, 0.1) is 5.69 Å². The van der Waals surface area contributed by atoms with Crippen LogP contribution in [-0.4, -0.2) is 45.0 Å². The normalized spacial score (nSPS) is 17.2. The number of fused-ring (bicyclic) bond motifs is 4. The van der Waals surface area contributed by atoms with Crippen LogP contribution in [0.15, 0.2) is 54.7 Å². The molecule has 2 aliphatic rings. The number of rotatable bonds is 3. The molecule has 0 bridgehead atoms. The first-order valence-electron chi connectivity index (χ1n) is 9.91. The molecule has 3 aromatic rings. The Labute approximate surface area is 173 Å². The minimum Gasteiger partial charge on any atom is -0.479 e. The summed E-state index contributed by atoms with van der Waals surface area (Å²) in [4.78, 5) is 26.2. The number of amides is 1. The van der Waals surface area contributed by atoms with Gasteiger partial charge in [-0.15, -0.1) is 0 Å². The molecule has 2 heterocycles. The van der Waals surface area contributed by atoms with Gasteiger partial charge in [-0.3, -0.25) is 9.58 Å². The van der Waals surface area contributed by atoms with E-state index in [4.69, 9.17) is 4.74 Å². The van der Waals surface area contributed by atoms with Crippen LogP contribution in [0.4, 0.5) is 4.79 Å². The molecule has 1 aliphatic heterocycles. The zero-order chi connectivity index (χ0) is 20.8. The van der Waals surface area contributed by atoms with E-state index in [0.29, 0.717) is 17.7 Å². The van der Waals surface area contributed by atoms with Crippen LogP contribution in [0.25, 0.3) is 11.1 Å². The van der Waals surface area contributed by atoms with E-state index in [0.717, 1.165) is 22.3 Å². The number of aryl methyl sites for hydroxylation is 1. The predicted octanol–water partition coefficient (Wildman–Crippen LogP) is 3.35. The fourth-order valence-electron chi connectivity index (χ4n) is 4.64. The number of carbonyl (C=O) groups is 2. The Kier molecular flexibility index (Phi) is 4.31.